The van der Waals surface area contributed by atoms with Crippen molar-refractivity contribution in [1.29, 1.82) is 10.5 Å². The van der Waals surface area contributed by atoms with Crippen molar-refractivity contribution in [2.24, 2.45) is 0 Å². The summed E-state index contributed by atoms with van der Waals surface area (Å²) < 4.78 is 38.0. The van der Waals surface area contributed by atoms with E-state index < -0.39 is 11.7 Å². The van der Waals surface area contributed by atoms with Crippen molar-refractivity contribution in [2.45, 2.75) is 6.18 Å². The summed E-state index contributed by atoms with van der Waals surface area (Å²) in [4.78, 5) is 1.54. The van der Waals surface area contributed by atoms with Crippen molar-refractivity contribution in [2.75, 3.05) is 19.4 Å². The lowest BCUT2D eigenvalue weighted by molar-refractivity contribution is -0.137. The fraction of sp³-hybridized carbons (Fsp3) is 0.200. The lowest BCUT2D eigenvalue weighted by Gasteiger charge is -2.14. The third-order valence-corrected chi connectivity index (χ3v) is 3.06. The molecule has 4 nitrogen and oxygen atoms in total. The summed E-state index contributed by atoms with van der Waals surface area (Å²) in [6.45, 7) is 0. The maximum Gasteiger partial charge on any atom is 0.416 e. The summed E-state index contributed by atoms with van der Waals surface area (Å²) in [6.07, 6.45) is -1.77. The molecule has 0 atom stereocenters. The van der Waals surface area contributed by atoms with Gasteiger partial charge in [-0.25, -0.2) is 0 Å². The SMILES string of the molecule is CN(C)C(/C=C/Nc1cc(C(F)(F)F)ccc1Cl)=C(C#N)C#N. The standard InChI is InChI=1S/C15H12ClF3N4/c1-23(2)14(10(8-20)9-21)5-6-22-13-7-11(15(17,18)19)3-4-12(13)16/h3-7,22H,1-2H3/b6-5+. The Labute approximate surface area is 136 Å². The minimum atomic E-state index is -4.48. The number of halogens is 4. The maximum atomic E-state index is 12.7. The molecule has 1 rings (SSSR count). The van der Waals surface area contributed by atoms with Gasteiger partial charge in [0.05, 0.1) is 22.0 Å². The first-order valence-corrected chi connectivity index (χ1v) is 6.60. The predicted octanol–water partition coefficient (Wildman–Crippen LogP) is 4.15. The zero-order valence-corrected chi connectivity index (χ0v) is 13.0. The molecular weight excluding hydrogens is 329 g/mol. The number of benzene rings is 1. The van der Waals surface area contributed by atoms with Crippen molar-refractivity contribution in [1.82, 2.24) is 4.90 Å². The summed E-state index contributed by atoms with van der Waals surface area (Å²) in [6, 6.07) is 6.39. The van der Waals surface area contributed by atoms with Gasteiger partial charge in [0, 0.05) is 20.3 Å². The van der Waals surface area contributed by atoms with Gasteiger partial charge in [-0.15, -0.1) is 0 Å². The fourth-order valence-electron chi connectivity index (χ4n) is 1.62. The van der Waals surface area contributed by atoms with E-state index in [1.54, 1.807) is 26.2 Å². The van der Waals surface area contributed by atoms with E-state index in [1.165, 1.54) is 17.2 Å². The van der Waals surface area contributed by atoms with Gasteiger partial charge in [-0.3, -0.25) is 0 Å². The normalized spacial score (nSPS) is 10.8. The Morgan fingerprint density at radius 2 is 1.87 bits per heavy atom. The van der Waals surface area contributed by atoms with E-state index in [-0.39, 0.29) is 16.3 Å². The number of rotatable bonds is 4. The van der Waals surface area contributed by atoms with Crippen LogP contribution in [0.3, 0.4) is 0 Å². The first kappa shape index (κ1) is 18.4. The number of alkyl halides is 3. The highest BCUT2D eigenvalue weighted by atomic mass is 35.5. The zero-order valence-electron chi connectivity index (χ0n) is 12.2. The molecule has 0 radical (unpaired) electrons. The van der Waals surface area contributed by atoms with Gasteiger partial charge < -0.3 is 10.2 Å². The van der Waals surface area contributed by atoms with Crippen molar-refractivity contribution in [3.05, 3.63) is 52.3 Å². The molecule has 0 fully saturated rings. The van der Waals surface area contributed by atoms with E-state index in [0.29, 0.717) is 5.70 Å². The number of hydrogen-bond acceptors (Lipinski definition) is 4. The third-order valence-electron chi connectivity index (χ3n) is 2.74. The highest BCUT2D eigenvalue weighted by Crippen LogP contribution is 2.33. The van der Waals surface area contributed by atoms with Crippen molar-refractivity contribution in [3.8, 4) is 12.1 Å². The van der Waals surface area contributed by atoms with E-state index in [4.69, 9.17) is 22.1 Å². The Morgan fingerprint density at radius 1 is 1.26 bits per heavy atom. The molecule has 0 unspecified atom stereocenters. The first-order valence-electron chi connectivity index (χ1n) is 6.22. The van der Waals surface area contributed by atoms with E-state index in [9.17, 15) is 13.2 Å². The fourth-order valence-corrected chi connectivity index (χ4v) is 1.79. The van der Waals surface area contributed by atoms with Crippen LogP contribution in [0.5, 0.6) is 0 Å². The number of nitriles is 2. The molecule has 1 N–H and O–H groups in total. The van der Waals surface area contributed by atoms with Crippen molar-refractivity contribution in [3.63, 3.8) is 0 Å². The Morgan fingerprint density at radius 3 is 2.35 bits per heavy atom. The van der Waals surface area contributed by atoms with Crippen LogP contribution in [-0.2, 0) is 6.18 Å². The molecule has 0 aromatic heterocycles. The molecule has 8 heteroatoms. The average Bonchev–Trinajstić information content (AvgIpc) is 2.47. The van der Waals surface area contributed by atoms with E-state index in [0.717, 1.165) is 18.2 Å². The van der Waals surface area contributed by atoms with Crippen LogP contribution >= 0.6 is 11.6 Å². The van der Waals surface area contributed by atoms with Gasteiger partial charge in [0.15, 0.2) is 5.57 Å². The van der Waals surface area contributed by atoms with Crippen LogP contribution in [0.1, 0.15) is 5.56 Å². The summed E-state index contributed by atoms with van der Waals surface area (Å²) >= 11 is 5.85. The number of allylic oxidation sites excluding steroid dienone is 2. The number of anilines is 1. The van der Waals surface area contributed by atoms with Gasteiger partial charge in [0.2, 0.25) is 0 Å². The van der Waals surface area contributed by atoms with Crippen LogP contribution in [0.15, 0.2) is 41.7 Å². The predicted molar refractivity (Wildman–Crippen MR) is 81.2 cm³/mol. The molecule has 0 aliphatic rings. The van der Waals surface area contributed by atoms with Gasteiger partial charge in [0.1, 0.15) is 12.1 Å². The highest BCUT2D eigenvalue weighted by Gasteiger charge is 2.30. The molecule has 0 spiro atoms. The Hall–Kier alpha value is -2.64. The minimum absolute atomic E-state index is 0.0614. The topological polar surface area (TPSA) is 62.9 Å². The lowest BCUT2D eigenvalue weighted by atomic mass is 10.2. The van der Waals surface area contributed by atoms with E-state index in [2.05, 4.69) is 5.32 Å². The molecular formula is C15H12ClF3N4. The smallest absolute Gasteiger partial charge is 0.376 e. The number of hydrogen-bond donors (Lipinski definition) is 1. The van der Waals surface area contributed by atoms with Gasteiger partial charge in [-0.1, -0.05) is 11.6 Å². The highest BCUT2D eigenvalue weighted by molar-refractivity contribution is 6.33. The molecule has 23 heavy (non-hydrogen) atoms. The number of nitrogens with one attached hydrogen (secondary N) is 1. The zero-order chi connectivity index (χ0) is 17.6. The molecule has 120 valence electrons. The van der Waals surface area contributed by atoms with E-state index in [1.807, 2.05) is 0 Å². The molecule has 1 aromatic carbocycles. The minimum Gasteiger partial charge on any atom is -0.376 e. The summed E-state index contributed by atoms with van der Waals surface area (Å²) in [5.41, 5.74) is -0.587. The quantitative estimate of drug-likeness (QED) is 0.660. The molecule has 0 bridgehead atoms. The van der Waals surface area contributed by atoms with Gasteiger partial charge in [-0.05, 0) is 24.3 Å². The van der Waals surface area contributed by atoms with Crippen LogP contribution in [0.4, 0.5) is 18.9 Å². The maximum absolute atomic E-state index is 12.7. The second-order valence-corrected chi connectivity index (χ2v) is 4.96. The average molecular weight is 341 g/mol. The van der Waals surface area contributed by atoms with Gasteiger partial charge >= 0.3 is 6.18 Å². The van der Waals surface area contributed by atoms with Crippen molar-refractivity contribution >= 4 is 17.3 Å². The van der Waals surface area contributed by atoms with Crippen molar-refractivity contribution < 1.29 is 13.2 Å². The molecule has 0 heterocycles. The molecule has 0 aliphatic carbocycles. The van der Waals surface area contributed by atoms with Crippen LogP contribution in [-0.4, -0.2) is 19.0 Å². The Bertz CT molecular complexity index is 706. The lowest BCUT2D eigenvalue weighted by Crippen LogP contribution is -2.11. The van der Waals surface area contributed by atoms with Crippen LogP contribution in [0.25, 0.3) is 0 Å². The second-order valence-electron chi connectivity index (χ2n) is 4.55. The van der Waals surface area contributed by atoms with Gasteiger partial charge in [0.25, 0.3) is 0 Å². The Kier molecular flexibility index (Phi) is 6.06. The van der Waals surface area contributed by atoms with Crippen LogP contribution < -0.4 is 5.32 Å². The monoisotopic (exact) mass is 340 g/mol. The molecule has 0 amide bonds. The molecule has 1 aromatic rings. The number of likely N-dealkylation sites (N-methyl/N-ethyl adjacent to an activating group) is 1. The second kappa shape index (κ2) is 7.57. The van der Waals surface area contributed by atoms with Crippen LogP contribution in [0.2, 0.25) is 5.02 Å². The summed E-state index contributed by atoms with van der Waals surface area (Å²) in [5.74, 6) is 0. The molecule has 0 saturated heterocycles. The summed E-state index contributed by atoms with van der Waals surface area (Å²) in [7, 11) is 3.26. The molecule has 0 aliphatic heterocycles. The number of nitrogens with zero attached hydrogens (tertiary/aromatic N) is 3. The first-order chi connectivity index (χ1) is 10.7. The van der Waals surface area contributed by atoms with Crippen LogP contribution in [0, 0.1) is 22.7 Å². The van der Waals surface area contributed by atoms with Gasteiger partial charge in [-0.2, -0.15) is 23.7 Å². The third kappa shape index (κ3) is 4.94. The Balaban J connectivity index is 3.09. The largest absolute Gasteiger partial charge is 0.416 e. The summed E-state index contributed by atoms with van der Waals surface area (Å²) in [5, 5.41) is 20.5. The van der Waals surface area contributed by atoms with E-state index >= 15 is 0 Å². The molecule has 0 saturated carbocycles.